The normalized spacial score (nSPS) is 13.4. The summed E-state index contributed by atoms with van der Waals surface area (Å²) in [5.41, 5.74) is 2.46. The Morgan fingerprint density at radius 3 is 2.19 bits per heavy atom. The third kappa shape index (κ3) is 6.09. The fourth-order valence-electron chi connectivity index (χ4n) is 3.85. The Morgan fingerprint density at radius 2 is 1.50 bits per heavy atom. The van der Waals surface area contributed by atoms with Gasteiger partial charge in [0, 0.05) is 48.7 Å². The van der Waals surface area contributed by atoms with Crippen LogP contribution < -0.4 is 10.6 Å². The van der Waals surface area contributed by atoms with Crippen LogP contribution in [0.3, 0.4) is 0 Å². The van der Waals surface area contributed by atoms with Crippen molar-refractivity contribution < 1.29 is 14.4 Å². The molecule has 1 saturated heterocycles. The highest BCUT2D eigenvalue weighted by Crippen LogP contribution is 2.17. The van der Waals surface area contributed by atoms with E-state index in [1.165, 1.54) is 6.42 Å². The van der Waals surface area contributed by atoms with Gasteiger partial charge in [0.1, 0.15) is 0 Å². The van der Waals surface area contributed by atoms with Crippen molar-refractivity contribution in [2.24, 2.45) is 0 Å². The van der Waals surface area contributed by atoms with Gasteiger partial charge in [-0.1, -0.05) is 12.1 Å². The number of benzene rings is 2. The highest BCUT2D eigenvalue weighted by Gasteiger charge is 2.18. The minimum Gasteiger partial charge on any atom is -0.376 e. The van der Waals surface area contributed by atoms with Gasteiger partial charge < -0.3 is 20.4 Å². The zero-order valence-electron chi connectivity index (χ0n) is 18.9. The first-order valence-electron chi connectivity index (χ1n) is 11.3. The van der Waals surface area contributed by atoms with E-state index in [0.29, 0.717) is 35.6 Å². The van der Waals surface area contributed by atoms with Crippen molar-refractivity contribution >= 4 is 29.1 Å². The summed E-state index contributed by atoms with van der Waals surface area (Å²) < 4.78 is 0. The smallest absolute Gasteiger partial charge is 0.253 e. The SMILES string of the molecule is CCN(CC)C(=O)c1cccc(NCC(=O)Nc2cccc(C(=O)N3CCCCC3)c2)c1. The number of anilines is 2. The highest BCUT2D eigenvalue weighted by molar-refractivity contribution is 5.98. The van der Waals surface area contributed by atoms with Crippen LogP contribution in [0, 0.1) is 0 Å². The Kier molecular flexibility index (Phi) is 8.25. The average molecular weight is 437 g/mol. The zero-order valence-corrected chi connectivity index (χ0v) is 18.9. The predicted molar refractivity (Wildman–Crippen MR) is 127 cm³/mol. The topological polar surface area (TPSA) is 81.8 Å². The van der Waals surface area contributed by atoms with Crippen molar-refractivity contribution in [1.82, 2.24) is 9.80 Å². The number of hydrogen-bond donors (Lipinski definition) is 2. The van der Waals surface area contributed by atoms with E-state index in [1.54, 1.807) is 47.4 Å². The van der Waals surface area contributed by atoms with Crippen molar-refractivity contribution in [3.63, 3.8) is 0 Å². The lowest BCUT2D eigenvalue weighted by molar-refractivity contribution is -0.114. The third-order valence-electron chi connectivity index (χ3n) is 5.65. The van der Waals surface area contributed by atoms with E-state index in [0.717, 1.165) is 25.9 Å². The monoisotopic (exact) mass is 436 g/mol. The second kappa shape index (κ2) is 11.3. The number of nitrogens with one attached hydrogen (secondary N) is 2. The first kappa shape index (κ1) is 23.3. The summed E-state index contributed by atoms with van der Waals surface area (Å²) >= 11 is 0. The summed E-state index contributed by atoms with van der Waals surface area (Å²) in [4.78, 5) is 41.3. The van der Waals surface area contributed by atoms with Gasteiger partial charge in [0.25, 0.3) is 11.8 Å². The molecule has 3 rings (SSSR count). The molecule has 0 atom stereocenters. The van der Waals surface area contributed by atoms with E-state index >= 15 is 0 Å². The number of nitrogens with zero attached hydrogens (tertiary/aromatic N) is 2. The quantitative estimate of drug-likeness (QED) is 0.659. The molecule has 0 spiro atoms. The molecule has 7 nitrogen and oxygen atoms in total. The van der Waals surface area contributed by atoms with Crippen LogP contribution in [-0.4, -0.2) is 60.2 Å². The number of amides is 3. The van der Waals surface area contributed by atoms with Crippen LogP contribution in [0.1, 0.15) is 53.8 Å². The van der Waals surface area contributed by atoms with E-state index in [4.69, 9.17) is 0 Å². The molecule has 7 heteroatoms. The predicted octanol–water partition coefficient (Wildman–Crippen LogP) is 3.85. The van der Waals surface area contributed by atoms with Crippen molar-refractivity contribution in [3.05, 3.63) is 59.7 Å². The summed E-state index contributed by atoms with van der Waals surface area (Å²) in [6, 6.07) is 14.2. The summed E-state index contributed by atoms with van der Waals surface area (Å²) in [7, 11) is 0. The van der Waals surface area contributed by atoms with Crippen molar-refractivity contribution in [3.8, 4) is 0 Å². The molecule has 1 aliphatic rings. The first-order valence-corrected chi connectivity index (χ1v) is 11.3. The molecular formula is C25H32N4O3. The van der Waals surface area contributed by atoms with E-state index in [2.05, 4.69) is 10.6 Å². The molecule has 2 aromatic carbocycles. The van der Waals surface area contributed by atoms with Crippen LogP contribution in [0.25, 0.3) is 0 Å². The first-order chi connectivity index (χ1) is 15.5. The maximum Gasteiger partial charge on any atom is 0.253 e. The van der Waals surface area contributed by atoms with Crippen LogP contribution >= 0.6 is 0 Å². The van der Waals surface area contributed by atoms with Crippen molar-refractivity contribution in [2.45, 2.75) is 33.1 Å². The zero-order chi connectivity index (χ0) is 22.9. The van der Waals surface area contributed by atoms with E-state index in [1.807, 2.05) is 24.8 Å². The van der Waals surface area contributed by atoms with E-state index in [9.17, 15) is 14.4 Å². The molecule has 170 valence electrons. The number of carbonyl (C=O) groups is 3. The van der Waals surface area contributed by atoms with Gasteiger partial charge in [-0.05, 0) is 69.5 Å². The molecule has 0 aromatic heterocycles. The fourth-order valence-corrected chi connectivity index (χ4v) is 3.85. The second-order valence-electron chi connectivity index (χ2n) is 7.89. The van der Waals surface area contributed by atoms with Crippen molar-refractivity contribution in [1.29, 1.82) is 0 Å². The van der Waals surface area contributed by atoms with Crippen LogP contribution in [0.4, 0.5) is 11.4 Å². The van der Waals surface area contributed by atoms with Gasteiger partial charge >= 0.3 is 0 Å². The average Bonchev–Trinajstić information content (AvgIpc) is 2.84. The van der Waals surface area contributed by atoms with E-state index < -0.39 is 0 Å². The molecule has 1 heterocycles. The Balaban J connectivity index is 1.57. The molecule has 2 N–H and O–H groups in total. The summed E-state index contributed by atoms with van der Waals surface area (Å²) in [5, 5.41) is 5.90. The Morgan fingerprint density at radius 1 is 0.875 bits per heavy atom. The molecule has 1 fully saturated rings. The van der Waals surface area contributed by atoms with Crippen LogP contribution in [-0.2, 0) is 4.79 Å². The number of hydrogen-bond acceptors (Lipinski definition) is 4. The van der Waals surface area contributed by atoms with Gasteiger partial charge in [-0.2, -0.15) is 0 Å². The molecule has 0 saturated carbocycles. The van der Waals surface area contributed by atoms with Gasteiger partial charge in [-0.15, -0.1) is 0 Å². The molecule has 0 bridgehead atoms. The molecule has 0 unspecified atom stereocenters. The minimum absolute atomic E-state index is 0.00797. The molecule has 32 heavy (non-hydrogen) atoms. The molecule has 2 aromatic rings. The molecule has 0 aliphatic carbocycles. The van der Waals surface area contributed by atoms with Crippen LogP contribution in [0.2, 0.25) is 0 Å². The van der Waals surface area contributed by atoms with Gasteiger partial charge in [0.15, 0.2) is 0 Å². The lowest BCUT2D eigenvalue weighted by Crippen LogP contribution is -2.35. The minimum atomic E-state index is -0.229. The van der Waals surface area contributed by atoms with Gasteiger partial charge in [0.05, 0.1) is 6.54 Å². The number of rotatable bonds is 8. The standard InChI is InChI=1S/C25H32N4O3/c1-3-28(4-2)24(31)19-10-8-12-21(16-19)26-18-23(30)27-22-13-9-11-20(17-22)25(32)29-14-6-5-7-15-29/h8-13,16-17,26H,3-7,14-15,18H2,1-2H3,(H,27,30). The van der Waals surface area contributed by atoms with Crippen molar-refractivity contribution in [2.75, 3.05) is 43.4 Å². The largest absolute Gasteiger partial charge is 0.376 e. The van der Waals surface area contributed by atoms with Crippen LogP contribution in [0.5, 0.6) is 0 Å². The lowest BCUT2D eigenvalue weighted by atomic mass is 10.1. The summed E-state index contributed by atoms with van der Waals surface area (Å²) in [6.45, 7) is 6.81. The third-order valence-corrected chi connectivity index (χ3v) is 5.65. The Bertz CT molecular complexity index is 950. The van der Waals surface area contributed by atoms with Gasteiger partial charge in [-0.25, -0.2) is 0 Å². The Hall–Kier alpha value is -3.35. The number of likely N-dealkylation sites (tertiary alicyclic amines) is 1. The van der Waals surface area contributed by atoms with E-state index in [-0.39, 0.29) is 24.3 Å². The molecule has 3 amide bonds. The maximum atomic E-state index is 12.7. The second-order valence-corrected chi connectivity index (χ2v) is 7.89. The number of carbonyl (C=O) groups excluding carboxylic acids is 3. The number of piperidine rings is 1. The maximum absolute atomic E-state index is 12.7. The lowest BCUT2D eigenvalue weighted by Gasteiger charge is -2.26. The van der Waals surface area contributed by atoms with Gasteiger partial charge in [0.2, 0.25) is 5.91 Å². The Labute approximate surface area is 189 Å². The summed E-state index contributed by atoms with van der Waals surface area (Å²) in [5.74, 6) is -0.250. The van der Waals surface area contributed by atoms with Gasteiger partial charge in [-0.3, -0.25) is 14.4 Å². The molecule has 1 aliphatic heterocycles. The molecular weight excluding hydrogens is 404 g/mol. The highest BCUT2D eigenvalue weighted by atomic mass is 16.2. The summed E-state index contributed by atoms with van der Waals surface area (Å²) in [6.07, 6.45) is 3.24. The fraction of sp³-hybridized carbons (Fsp3) is 0.400. The molecule has 0 radical (unpaired) electrons. The van der Waals surface area contributed by atoms with Crippen LogP contribution in [0.15, 0.2) is 48.5 Å².